The predicted octanol–water partition coefficient (Wildman–Crippen LogP) is 4.38. The molecule has 0 aliphatic heterocycles. The van der Waals surface area contributed by atoms with Crippen LogP contribution in [-0.4, -0.2) is 14.5 Å². The van der Waals surface area contributed by atoms with Gasteiger partial charge in [-0.3, -0.25) is 4.98 Å². The molecule has 3 heterocycles. The highest BCUT2D eigenvalue weighted by Crippen LogP contribution is 2.37. The van der Waals surface area contributed by atoms with Gasteiger partial charge in [-0.1, -0.05) is 19.1 Å². The molecule has 126 valence electrons. The van der Waals surface area contributed by atoms with Gasteiger partial charge in [-0.15, -0.1) is 0 Å². The number of hydrogen-bond donors (Lipinski definition) is 1. The van der Waals surface area contributed by atoms with E-state index in [-0.39, 0.29) is 5.82 Å². The van der Waals surface area contributed by atoms with Gasteiger partial charge in [-0.25, -0.2) is 9.37 Å². The lowest BCUT2D eigenvalue weighted by Crippen LogP contribution is -1.95. The summed E-state index contributed by atoms with van der Waals surface area (Å²) in [6, 6.07) is 7.64. The molecular weight excluding hydrogens is 315 g/mol. The summed E-state index contributed by atoms with van der Waals surface area (Å²) in [5.74, 6) is 0.143. The summed E-state index contributed by atoms with van der Waals surface area (Å²) in [5, 5.41) is 2.16. The van der Waals surface area contributed by atoms with E-state index in [9.17, 15) is 0 Å². The normalized spacial score (nSPS) is 11.5. The van der Waals surface area contributed by atoms with Crippen molar-refractivity contribution in [3.8, 4) is 11.1 Å². The van der Waals surface area contributed by atoms with Crippen molar-refractivity contribution in [3.05, 3.63) is 53.9 Å². The van der Waals surface area contributed by atoms with Gasteiger partial charge in [0.1, 0.15) is 11.6 Å². The first-order valence-electron chi connectivity index (χ1n) is 8.29. The minimum Gasteiger partial charge on any atom is -0.383 e. The zero-order valence-electron chi connectivity index (χ0n) is 14.5. The Morgan fingerprint density at radius 3 is 2.76 bits per heavy atom. The summed E-state index contributed by atoms with van der Waals surface area (Å²) >= 11 is 0. The van der Waals surface area contributed by atoms with Crippen LogP contribution >= 0.6 is 0 Å². The Labute approximate surface area is 145 Å². The lowest BCUT2D eigenvalue weighted by atomic mass is 10.0. The Kier molecular flexibility index (Phi) is 3.46. The van der Waals surface area contributed by atoms with Crippen LogP contribution in [0.2, 0.25) is 0 Å². The Morgan fingerprint density at radius 1 is 1.20 bits per heavy atom. The first kappa shape index (κ1) is 15.6. The van der Waals surface area contributed by atoms with Gasteiger partial charge in [0.2, 0.25) is 0 Å². The summed E-state index contributed by atoms with van der Waals surface area (Å²) in [5.41, 5.74) is 10.2. The Morgan fingerprint density at radius 2 is 2.00 bits per heavy atom. The highest BCUT2D eigenvalue weighted by molar-refractivity contribution is 6.04. The highest BCUT2D eigenvalue weighted by Gasteiger charge is 2.17. The molecule has 0 aliphatic carbocycles. The van der Waals surface area contributed by atoms with Gasteiger partial charge >= 0.3 is 0 Å². The maximum absolute atomic E-state index is 15.2. The van der Waals surface area contributed by atoms with Crippen LogP contribution in [0.4, 0.5) is 10.2 Å². The molecule has 25 heavy (non-hydrogen) atoms. The topological polar surface area (TPSA) is 56.7 Å². The van der Waals surface area contributed by atoms with Gasteiger partial charge in [0.25, 0.3) is 0 Å². The number of fused-ring (bicyclic) bond motifs is 2. The molecule has 0 unspecified atom stereocenters. The number of benzene rings is 1. The average molecular weight is 334 g/mol. The van der Waals surface area contributed by atoms with Crippen molar-refractivity contribution in [2.45, 2.75) is 20.3 Å². The zero-order chi connectivity index (χ0) is 17.7. The number of nitrogen functional groups attached to an aromatic ring is 1. The van der Waals surface area contributed by atoms with Crippen LogP contribution in [0.15, 0.2) is 36.7 Å². The predicted molar refractivity (Wildman–Crippen MR) is 99.9 cm³/mol. The number of aryl methyl sites for hydroxylation is 3. The lowest BCUT2D eigenvalue weighted by Gasteiger charge is -2.08. The van der Waals surface area contributed by atoms with E-state index >= 15 is 4.39 Å². The van der Waals surface area contributed by atoms with Gasteiger partial charge in [0, 0.05) is 52.7 Å². The van der Waals surface area contributed by atoms with Crippen molar-refractivity contribution in [2.75, 3.05) is 5.73 Å². The summed E-state index contributed by atoms with van der Waals surface area (Å²) in [7, 11) is 1.93. The lowest BCUT2D eigenvalue weighted by molar-refractivity contribution is 0.643. The Hall–Kier alpha value is -2.95. The van der Waals surface area contributed by atoms with E-state index in [1.54, 1.807) is 6.20 Å². The fourth-order valence-electron chi connectivity index (χ4n) is 3.40. The minimum atomic E-state index is -0.278. The molecule has 0 spiro atoms. The van der Waals surface area contributed by atoms with Crippen LogP contribution in [0, 0.1) is 12.7 Å². The molecule has 0 amide bonds. The molecule has 0 atom stereocenters. The third-order valence-corrected chi connectivity index (χ3v) is 4.67. The molecule has 0 fully saturated rings. The summed E-state index contributed by atoms with van der Waals surface area (Å²) in [4.78, 5) is 8.68. The third kappa shape index (κ3) is 2.35. The molecule has 1 aromatic carbocycles. The molecule has 4 rings (SSSR count). The van der Waals surface area contributed by atoms with Crippen molar-refractivity contribution < 1.29 is 4.39 Å². The highest BCUT2D eigenvalue weighted by atomic mass is 19.1. The Bertz CT molecular complexity index is 1130. The Balaban J connectivity index is 2.02. The van der Waals surface area contributed by atoms with Crippen LogP contribution in [0.3, 0.4) is 0 Å². The molecule has 0 saturated heterocycles. The second-order valence-corrected chi connectivity index (χ2v) is 6.37. The second-order valence-electron chi connectivity index (χ2n) is 6.37. The number of rotatable bonds is 2. The maximum Gasteiger partial charge on any atom is 0.140 e. The summed E-state index contributed by atoms with van der Waals surface area (Å²) in [6.07, 6.45) is 4.34. The molecule has 4 nitrogen and oxygen atoms in total. The summed E-state index contributed by atoms with van der Waals surface area (Å²) in [6.45, 7) is 3.93. The molecule has 0 aliphatic rings. The number of anilines is 1. The van der Waals surface area contributed by atoms with Crippen molar-refractivity contribution in [2.24, 2.45) is 7.05 Å². The average Bonchev–Trinajstić information content (AvgIpc) is 2.91. The number of hydrogen-bond acceptors (Lipinski definition) is 3. The fourth-order valence-corrected chi connectivity index (χ4v) is 3.40. The largest absolute Gasteiger partial charge is 0.383 e. The van der Waals surface area contributed by atoms with Crippen LogP contribution in [0.25, 0.3) is 32.8 Å². The number of pyridine rings is 2. The minimum absolute atomic E-state index is 0.278. The first-order chi connectivity index (χ1) is 12.0. The van der Waals surface area contributed by atoms with E-state index in [0.29, 0.717) is 16.8 Å². The molecule has 0 saturated carbocycles. The maximum atomic E-state index is 15.2. The van der Waals surface area contributed by atoms with E-state index in [1.807, 2.05) is 55.9 Å². The molecule has 5 heteroatoms. The second kappa shape index (κ2) is 5.55. The van der Waals surface area contributed by atoms with Crippen LogP contribution in [0.1, 0.15) is 18.3 Å². The van der Waals surface area contributed by atoms with Crippen molar-refractivity contribution in [1.82, 2.24) is 14.5 Å². The van der Waals surface area contributed by atoms with E-state index in [1.165, 1.54) is 0 Å². The quantitative estimate of drug-likeness (QED) is 0.592. The fraction of sp³-hybridized carbons (Fsp3) is 0.200. The van der Waals surface area contributed by atoms with Crippen LogP contribution < -0.4 is 5.73 Å². The van der Waals surface area contributed by atoms with E-state index in [2.05, 4.69) is 9.97 Å². The molecule has 0 bridgehead atoms. The smallest absolute Gasteiger partial charge is 0.140 e. The number of aromatic nitrogens is 3. The van der Waals surface area contributed by atoms with Gasteiger partial charge in [0.15, 0.2) is 0 Å². The van der Waals surface area contributed by atoms with Crippen LogP contribution in [0.5, 0.6) is 0 Å². The van der Waals surface area contributed by atoms with Crippen molar-refractivity contribution in [1.29, 1.82) is 0 Å². The third-order valence-electron chi connectivity index (χ3n) is 4.67. The SMILES string of the molecule is CCc1cc2ccc(-c3cn(C)c4cc(C)nc(N)c34)c(F)c2cn1. The van der Waals surface area contributed by atoms with Gasteiger partial charge in [0.05, 0.1) is 5.52 Å². The van der Waals surface area contributed by atoms with E-state index in [4.69, 9.17) is 5.73 Å². The number of nitrogens with zero attached hydrogens (tertiary/aromatic N) is 3. The molecule has 0 radical (unpaired) electrons. The first-order valence-corrected chi connectivity index (χ1v) is 8.29. The standard InChI is InChI=1S/C20H19FN4/c1-4-13-8-12-5-6-14(19(21)15(12)9-23-13)16-10-25(3)17-7-11(2)24-20(22)18(16)17/h5-10H,4H2,1-3H3,(H2,22,24). The van der Waals surface area contributed by atoms with Gasteiger partial charge in [-0.05, 0) is 30.9 Å². The van der Waals surface area contributed by atoms with E-state index in [0.717, 1.165) is 39.7 Å². The van der Waals surface area contributed by atoms with Gasteiger partial charge in [-0.2, -0.15) is 0 Å². The monoisotopic (exact) mass is 334 g/mol. The van der Waals surface area contributed by atoms with E-state index < -0.39 is 0 Å². The molecule has 4 aromatic rings. The molecule has 3 aromatic heterocycles. The van der Waals surface area contributed by atoms with Crippen molar-refractivity contribution in [3.63, 3.8) is 0 Å². The molecule has 2 N–H and O–H groups in total. The number of nitrogens with two attached hydrogens (primary N) is 1. The zero-order valence-corrected chi connectivity index (χ0v) is 14.5. The molecular formula is C20H19FN4. The number of halogens is 1. The van der Waals surface area contributed by atoms with Crippen molar-refractivity contribution >= 4 is 27.5 Å². The summed E-state index contributed by atoms with van der Waals surface area (Å²) < 4.78 is 17.2. The van der Waals surface area contributed by atoms with Crippen LogP contribution in [-0.2, 0) is 13.5 Å². The van der Waals surface area contributed by atoms with Gasteiger partial charge < -0.3 is 10.3 Å².